The number of aliphatic hydroxyl groups excluding tert-OH is 1. The Morgan fingerprint density at radius 2 is 1.92 bits per heavy atom. The molecule has 2 heteroatoms. The summed E-state index contributed by atoms with van der Waals surface area (Å²) in [4.78, 5) is 11.6. The van der Waals surface area contributed by atoms with E-state index < -0.39 is 6.10 Å². The predicted molar refractivity (Wildman–Crippen MR) is 52.4 cm³/mol. The maximum absolute atomic E-state index is 11.6. The molecule has 0 aromatic carbocycles. The lowest BCUT2D eigenvalue weighted by atomic mass is 9.83. The maximum Gasteiger partial charge on any atom is 0.168 e. The molecule has 0 heterocycles. The van der Waals surface area contributed by atoms with Crippen molar-refractivity contribution in [2.45, 2.75) is 45.1 Å². The standard InChI is InChI=1S/C11H18O2/c1-8(2)10(12)11(13)9-6-4-3-5-7-9/h9-10,12H,1,3-7H2,2H3. The van der Waals surface area contributed by atoms with E-state index in [1.807, 2.05) is 0 Å². The zero-order valence-electron chi connectivity index (χ0n) is 8.25. The molecule has 0 aromatic heterocycles. The normalized spacial score (nSPS) is 21.1. The number of Topliss-reactive ketones (excluding diaryl/α,β-unsaturated/α-hetero) is 1. The van der Waals surface area contributed by atoms with Gasteiger partial charge in [0.2, 0.25) is 0 Å². The zero-order valence-corrected chi connectivity index (χ0v) is 8.25. The van der Waals surface area contributed by atoms with E-state index >= 15 is 0 Å². The Morgan fingerprint density at radius 3 is 2.38 bits per heavy atom. The van der Waals surface area contributed by atoms with Gasteiger partial charge in [-0.1, -0.05) is 25.8 Å². The molecule has 1 N–H and O–H groups in total. The molecule has 0 saturated heterocycles. The molecule has 0 radical (unpaired) electrons. The van der Waals surface area contributed by atoms with Crippen LogP contribution in [0.3, 0.4) is 0 Å². The Labute approximate surface area is 79.6 Å². The van der Waals surface area contributed by atoms with Gasteiger partial charge in [0.05, 0.1) is 0 Å². The summed E-state index contributed by atoms with van der Waals surface area (Å²) in [6.07, 6.45) is 4.45. The lowest BCUT2D eigenvalue weighted by Crippen LogP contribution is -2.30. The summed E-state index contributed by atoms with van der Waals surface area (Å²) >= 11 is 0. The molecule has 0 amide bonds. The Kier molecular flexibility index (Phi) is 3.67. The van der Waals surface area contributed by atoms with E-state index in [-0.39, 0.29) is 11.7 Å². The van der Waals surface area contributed by atoms with Crippen LogP contribution in [0.2, 0.25) is 0 Å². The molecule has 0 bridgehead atoms. The van der Waals surface area contributed by atoms with Crippen molar-refractivity contribution in [1.29, 1.82) is 0 Å². The minimum atomic E-state index is -0.928. The first-order chi connectivity index (χ1) is 6.13. The SMILES string of the molecule is C=C(C)C(O)C(=O)C1CCCCC1. The lowest BCUT2D eigenvalue weighted by Gasteiger charge is -2.22. The van der Waals surface area contributed by atoms with Crippen molar-refractivity contribution in [2.75, 3.05) is 0 Å². The summed E-state index contributed by atoms with van der Waals surface area (Å²) in [5, 5.41) is 9.50. The summed E-state index contributed by atoms with van der Waals surface area (Å²) in [5.41, 5.74) is 0.565. The third-order valence-electron chi connectivity index (χ3n) is 2.74. The van der Waals surface area contributed by atoms with E-state index in [0.717, 1.165) is 25.7 Å². The molecular formula is C11H18O2. The van der Waals surface area contributed by atoms with Crippen LogP contribution in [-0.4, -0.2) is 17.0 Å². The molecule has 0 aromatic rings. The van der Waals surface area contributed by atoms with Gasteiger partial charge in [0.15, 0.2) is 5.78 Å². The van der Waals surface area contributed by atoms with Gasteiger partial charge in [-0.15, -0.1) is 0 Å². The molecule has 2 nitrogen and oxygen atoms in total. The molecule has 1 saturated carbocycles. The van der Waals surface area contributed by atoms with E-state index in [2.05, 4.69) is 6.58 Å². The number of ketones is 1. The second-order valence-corrected chi connectivity index (χ2v) is 3.99. The highest BCUT2D eigenvalue weighted by Gasteiger charge is 2.26. The van der Waals surface area contributed by atoms with Crippen LogP contribution in [0.25, 0.3) is 0 Å². The van der Waals surface area contributed by atoms with Crippen molar-refractivity contribution < 1.29 is 9.90 Å². The number of hydrogen-bond donors (Lipinski definition) is 1. The molecule has 13 heavy (non-hydrogen) atoms. The molecule has 1 aliphatic rings. The second-order valence-electron chi connectivity index (χ2n) is 3.99. The Hall–Kier alpha value is -0.630. The van der Waals surface area contributed by atoms with Gasteiger partial charge in [0.25, 0.3) is 0 Å². The van der Waals surface area contributed by atoms with Crippen molar-refractivity contribution in [1.82, 2.24) is 0 Å². The van der Waals surface area contributed by atoms with Crippen LogP contribution in [0.15, 0.2) is 12.2 Å². The quantitative estimate of drug-likeness (QED) is 0.678. The minimum absolute atomic E-state index is 0.0211. The van der Waals surface area contributed by atoms with Gasteiger partial charge in [0.1, 0.15) is 6.10 Å². The lowest BCUT2D eigenvalue weighted by molar-refractivity contribution is -0.130. The Morgan fingerprint density at radius 1 is 1.38 bits per heavy atom. The topological polar surface area (TPSA) is 37.3 Å². The third-order valence-corrected chi connectivity index (χ3v) is 2.74. The first-order valence-corrected chi connectivity index (χ1v) is 5.00. The van der Waals surface area contributed by atoms with Gasteiger partial charge in [-0.25, -0.2) is 0 Å². The second kappa shape index (κ2) is 4.56. The third kappa shape index (κ3) is 2.66. The Balaban J connectivity index is 2.50. The van der Waals surface area contributed by atoms with Crippen molar-refractivity contribution in [3.05, 3.63) is 12.2 Å². The van der Waals surface area contributed by atoms with Crippen LogP contribution in [0.4, 0.5) is 0 Å². The van der Waals surface area contributed by atoms with Gasteiger partial charge in [0, 0.05) is 5.92 Å². The van der Waals surface area contributed by atoms with Crippen molar-refractivity contribution in [2.24, 2.45) is 5.92 Å². The summed E-state index contributed by atoms with van der Waals surface area (Å²) in [6.45, 7) is 5.30. The van der Waals surface area contributed by atoms with Crippen LogP contribution in [-0.2, 0) is 4.79 Å². The molecule has 1 rings (SSSR count). The highest BCUT2D eigenvalue weighted by atomic mass is 16.3. The fourth-order valence-corrected chi connectivity index (χ4v) is 1.85. The Bertz CT molecular complexity index is 202. The van der Waals surface area contributed by atoms with Gasteiger partial charge >= 0.3 is 0 Å². The van der Waals surface area contributed by atoms with E-state index in [0.29, 0.717) is 5.57 Å². The molecule has 1 unspecified atom stereocenters. The van der Waals surface area contributed by atoms with Crippen LogP contribution in [0.5, 0.6) is 0 Å². The van der Waals surface area contributed by atoms with Crippen LogP contribution >= 0.6 is 0 Å². The van der Waals surface area contributed by atoms with Gasteiger partial charge < -0.3 is 5.11 Å². The van der Waals surface area contributed by atoms with E-state index in [4.69, 9.17) is 0 Å². The number of carbonyl (C=O) groups is 1. The fourth-order valence-electron chi connectivity index (χ4n) is 1.85. The zero-order chi connectivity index (χ0) is 9.84. The summed E-state index contributed by atoms with van der Waals surface area (Å²) < 4.78 is 0. The van der Waals surface area contributed by atoms with Crippen molar-refractivity contribution in [3.8, 4) is 0 Å². The predicted octanol–water partition coefficient (Wildman–Crippen LogP) is 2.07. The molecule has 74 valence electrons. The summed E-state index contributed by atoms with van der Waals surface area (Å²) in [5.74, 6) is 0.0626. The average Bonchev–Trinajstić information content (AvgIpc) is 2.17. The van der Waals surface area contributed by atoms with E-state index in [1.165, 1.54) is 6.42 Å². The molecule has 1 atom stereocenters. The average molecular weight is 182 g/mol. The first kappa shape index (κ1) is 10.5. The number of hydrogen-bond acceptors (Lipinski definition) is 2. The number of carbonyl (C=O) groups excluding carboxylic acids is 1. The molecular weight excluding hydrogens is 164 g/mol. The highest BCUT2D eigenvalue weighted by molar-refractivity contribution is 5.87. The van der Waals surface area contributed by atoms with E-state index in [1.54, 1.807) is 6.92 Å². The van der Waals surface area contributed by atoms with E-state index in [9.17, 15) is 9.90 Å². The van der Waals surface area contributed by atoms with Gasteiger partial charge in [-0.05, 0) is 25.3 Å². The summed E-state index contributed by atoms with van der Waals surface area (Å²) in [7, 11) is 0. The van der Waals surface area contributed by atoms with Gasteiger partial charge in [-0.2, -0.15) is 0 Å². The molecule has 1 aliphatic carbocycles. The van der Waals surface area contributed by atoms with Crippen molar-refractivity contribution in [3.63, 3.8) is 0 Å². The largest absolute Gasteiger partial charge is 0.381 e. The van der Waals surface area contributed by atoms with Gasteiger partial charge in [-0.3, -0.25) is 4.79 Å². The highest BCUT2D eigenvalue weighted by Crippen LogP contribution is 2.26. The molecule has 0 aliphatic heterocycles. The molecule has 1 fully saturated rings. The monoisotopic (exact) mass is 182 g/mol. The minimum Gasteiger partial charge on any atom is -0.381 e. The fraction of sp³-hybridized carbons (Fsp3) is 0.727. The molecule has 0 spiro atoms. The summed E-state index contributed by atoms with van der Waals surface area (Å²) in [6, 6.07) is 0. The van der Waals surface area contributed by atoms with Crippen LogP contribution in [0, 0.1) is 5.92 Å². The maximum atomic E-state index is 11.6. The number of rotatable bonds is 3. The first-order valence-electron chi connectivity index (χ1n) is 5.00. The van der Waals surface area contributed by atoms with Crippen LogP contribution in [0.1, 0.15) is 39.0 Å². The number of aliphatic hydroxyl groups is 1. The van der Waals surface area contributed by atoms with Crippen molar-refractivity contribution >= 4 is 5.78 Å². The smallest absolute Gasteiger partial charge is 0.168 e. The van der Waals surface area contributed by atoms with Crippen LogP contribution < -0.4 is 0 Å².